The average molecular weight is 279 g/mol. The van der Waals surface area contributed by atoms with Crippen molar-refractivity contribution in [3.05, 3.63) is 23.2 Å². The van der Waals surface area contributed by atoms with E-state index in [9.17, 15) is 4.79 Å². The van der Waals surface area contributed by atoms with Gasteiger partial charge in [0.05, 0.1) is 9.71 Å². The molecular formula is C14H17NO3S. The van der Waals surface area contributed by atoms with Gasteiger partial charge in [0.1, 0.15) is 11.3 Å². The molecule has 1 aromatic carbocycles. The number of ether oxygens (including phenoxy) is 1. The van der Waals surface area contributed by atoms with E-state index in [1.54, 1.807) is 17.4 Å². The van der Waals surface area contributed by atoms with Crippen molar-refractivity contribution in [1.29, 1.82) is 0 Å². The number of aromatic nitrogens is 1. The number of hydrogen-bond acceptors (Lipinski definition) is 4. The third-order valence-corrected chi connectivity index (χ3v) is 3.85. The molecule has 2 aromatic rings. The van der Waals surface area contributed by atoms with Crippen LogP contribution in [-0.2, 0) is 11.2 Å². The maximum absolute atomic E-state index is 11.1. The summed E-state index contributed by atoms with van der Waals surface area (Å²) in [6.07, 6.45) is 1.97. The topological polar surface area (TPSA) is 59.4 Å². The zero-order valence-electron chi connectivity index (χ0n) is 11.3. The first-order valence-electron chi connectivity index (χ1n) is 6.25. The summed E-state index contributed by atoms with van der Waals surface area (Å²) < 4.78 is 6.64. The lowest BCUT2D eigenvalue weighted by Gasteiger charge is -2.21. The summed E-state index contributed by atoms with van der Waals surface area (Å²) in [4.78, 5) is 15.7. The van der Waals surface area contributed by atoms with E-state index in [0.29, 0.717) is 5.75 Å². The van der Waals surface area contributed by atoms with E-state index in [4.69, 9.17) is 9.84 Å². The van der Waals surface area contributed by atoms with Crippen LogP contribution in [0.25, 0.3) is 10.2 Å². The molecule has 0 aliphatic heterocycles. The average Bonchev–Trinajstić information content (AvgIpc) is 2.72. The number of rotatable bonds is 5. The van der Waals surface area contributed by atoms with E-state index < -0.39 is 11.6 Å². The van der Waals surface area contributed by atoms with Gasteiger partial charge in [-0.3, -0.25) is 0 Å². The van der Waals surface area contributed by atoms with Crippen molar-refractivity contribution in [2.75, 3.05) is 0 Å². The highest BCUT2D eigenvalue weighted by atomic mass is 32.1. The minimum absolute atomic E-state index is 0.531. The Hall–Kier alpha value is -1.62. The quantitative estimate of drug-likeness (QED) is 0.910. The van der Waals surface area contributed by atoms with Crippen LogP contribution < -0.4 is 4.74 Å². The Morgan fingerprint density at radius 1 is 1.47 bits per heavy atom. The first-order chi connectivity index (χ1) is 8.94. The van der Waals surface area contributed by atoms with Crippen molar-refractivity contribution in [3.8, 4) is 5.75 Å². The van der Waals surface area contributed by atoms with Gasteiger partial charge in [0, 0.05) is 0 Å². The Balaban J connectivity index is 2.40. The van der Waals surface area contributed by atoms with Crippen LogP contribution in [0.1, 0.15) is 32.2 Å². The highest BCUT2D eigenvalue weighted by Crippen LogP contribution is 2.32. The lowest BCUT2D eigenvalue weighted by molar-refractivity contribution is -0.152. The van der Waals surface area contributed by atoms with Crippen LogP contribution in [-0.4, -0.2) is 21.7 Å². The Morgan fingerprint density at radius 2 is 2.21 bits per heavy atom. The van der Waals surface area contributed by atoms with E-state index in [0.717, 1.165) is 28.1 Å². The molecule has 0 saturated heterocycles. The molecule has 0 aliphatic rings. The van der Waals surface area contributed by atoms with Crippen molar-refractivity contribution in [3.63, 3.8) is 0 Å². The molecule has 0 spiro atoms. The van der Waals surface area contributed by atoms with Gasteiger partial charge in [-0.05, 0) is 38.8 Å². The monoisotopic (exact) mass is 279 g/mol. The van der Waals surface area contributed by atoms with Gasteiger partial charge in [-0.15, -0.1) is 11.3 Å². The van der Waals surface area contributed by atoms with E-state index in [2.05, 4.69) is 11.9 Å². The number of thiazole rings is 1. The Bertz CT molecular complexity index is 604. The third-order valence-electron chi connectivity index (χ3n) is 2.77. The van der Waals surface area contributed by atoms with Gasteiger partial charge in [0.15, 0.2) is 5.60 Å². The number of carboxylic acid groups (broad SMARTS) is 1. The Morgan fingerprint density at radius 3 is 2.84 bits per heavy atom. The molecule has 0 aliphatic carbocycles. The second kappa shape index (κ2) is 5.17. The summed E-state index contributed by atoms with van der Waals surface area (Å²) in [6, 6.07) is 5.61. The first kappa shape index (κ1) is 13.8. The van der Waals surface area contributed by atoms with Gasteiger partial charge >= 0.3 is 5.97 Å². The summed E-state index contributed by atoms with van der Waals surface area (Å²) in [5, 5.41) is 10.2. The predicted octanol–water partition coefficient (Wildman–Crippen LogP) is 3.49. The minimum Gasteiger partial charge on any atom is -0.478 e. The van der Waals surface area contributed by atoms with Gasteiger partial charge in [0.2, 0.25) is 0 Å². The molecule has 0 atom stereocenters. The second-order valence-electron chi connectivity index (χ2n) is 4.88. The van der Waals surface area contributed by atoms with Gasteiger partial charge in [-0.25, -0.2) is 9.78 Å². The number of carboxylic acids is 1. The molecule has 0 saturated carbocycles. The molecule has 0 amide bonds. The Kier molecular flexibility index (Phi) is 3.75. The molecule has 1 aromatic heterocycles. The summed E-state index contributed by atoms with van der Waals surface area (Å²) >= 11 is 1.63. The first-order valence-corrected chi connectivity index (χ1v) is 7.06. The van der Waals surface area contributed by atoms with Crippen molar-refractivity contribution >= 4 is 27.5 Å². The molecule has 2 rings (SSSR count). The molecule has 1 heterocycles. The highest BCUT2D eigenvalue weighted by Gasteiger charge is 2.30. The minimum atomic E-state index is -1.26. The highest BCUT2D eigenvalue weighted by molar-refractivity contribution is 7.18. The van der Waals surface area contributed by atoms with Crippen molar-refractivity contribution in [2.24, 2.45) is 0 Å². The maximum Gasteiger partial charge on any atom is 0.347 e. The van der Waals surface area contributed by atoms with Crippen LogP contribution in [0.15, 0.2) is 18.2 Å². The third kappa shape index (κ3) is 2.87. The largest absolute Gasteiger partial charge is 0.478 e. The zero-order chi connectivity index (χ0) is 14.0. The van der Waals surface area contributed by atoms with Crippen LogP contribution in [0, 0.1) is 0 Å². The molecule has 5 heteroatoms. The summed E-state index contributed by atoms with van der Waals surface area (Å²) in [7, 11) is 0. The fraction of sp³-hybridized carbons (Fsp3) is 0.429. The molecular weight excluding hydrogens is 262 g/mol. The number of aliphatic carboxylic acids is 1. The Labute approximate surface area is 116 Å². The summed E-state index contributed by atoms with van der Waals surface area (Å²) in [6.45, 7) is 5.18. The molecule has 4 nitrogen and oxygen atoms in total. The molecule has 0 bridgehead atoms. The number of hydrogen-bond donors (Lipinski definition) is 1. The molecule has 102 valence electrons. The number of fused-ring (bicyclic) bond motifs is 1. The van der Waals surface area contributed by atoms with Gasteiger partial charge in [0.25, 0.3) is 0 Å². The number of nitrogens with zero attached hydrogens (tertiary/aromatic N) is 1. The lowest BCUT2D eigenvalue weighted by atomic mass is 10.1. The van der Waals surface area contributed by atoms with Crippen molar-refractivity contribution < 1.29 is 14.6 Å². The maximum atomic E-state index is 11.1. The number of para-hydroxylation sites is 1. The van der Waals surface area contributed by atoms with Crippen molar-refractivity contribution in [2.45, 2.75) is 39.2 Å². The number of carbonyl (C=O) groups is 1. The standard InChI is InChI=1S/C14H17NO3S/c1-4-6-11-15-12-9(7-5-8-10(12)19-11)18-14(2,3)13(16)17/h5,7-8H,4,6H2,1-3H3,(H,16,17). The molecule has 0 radical (unpaired) electrons. The van der Waals surface area contributed by atoms with E-state index in [1.165, 1.54) is 13.8 Å². The van der Waals surface area contributed by atoms with Crippen LogP contribution in [0.4, 0.5) is 0 Å². The summed E-state index contributed by atoms with van der Waals surface area (Å²) in [5.41, 5.74) is -0.506. The summed E-state index contributed by atoms with van der Waals surface area (Å²) in [5.74, 6) is -0.461. The zero-order valence-corrected chi connectivity index (χ0v) is 12.1. The fourth-order valence-electron chi connectivity index (χ4n) is 1.69. The van der Waals surface area contributed by atoms with Crippen LogP contribution in [0.5, 0.6) is 5.75 Å². The lowest BCUT2D eigenvalue weighted by Crippen LogP contribution is -2.37. The molecule has 19 heavy (non-hydrogen) atoms. The molecule has 1 N–H and O–H groups in total. The van der Waals surface area contributed by atoms with Crippen LogP contribution in [0.2, 0.25) is 0 Å². The van der Waals surface area contributed by atoms with Gasteiger partial charge < -0.3 is 9.84 Å². The van der Waals surface area contributed by atoms with Crippen LogP contribution in [0.3, 0.4) is 0 Å². The number of benzene rings is 1. The predicted molar refractivity (Wildman–Crippen MR) is 76.0 cm³/mol. The van der Waals surface area contributed by atoms with E-state index in [1.807, 2.05) is 12.1 Å². The van der Waals surface area contributed by atoms with Gasteiger partial charge in [-0.2, -0.15) is 0 Å². The number of aryl methyl sites for hydroxylation is 1. The van der Waals surface area contributed by atoms with Crippen molar-refractivity contribution in [1.82, 2.24) is 4.98 Å². The second-order valence-corrected chi connectivity index (χ2v) is 5.99. The molecule has 0 fully saturated rings. The smallest absolute Gasteiger partial charge is 0.347 e. The van der Waals surface area contributed by atoms with Crippen LogP contribution >= 0.6 is 11.3 Å². The fourth-order valence-corrected chi connectivity index (χ4v) is 2.78. The van der Waals surface area contributed by atoms with Gasteiger partial charge in [-0.1, -0.05) is 13.0 Å². The molecule has 0 unspecified atom stereocenters. The van der Waals surface area contributed by atoms with E-state index >= 15 is 0 Å². The van der Waals surface area contributed by atoms with E-state index in [-0.39, 0.29) is 0 Å². The SMILES string of the molecule is CCCc1nc2c(OC(C)(C)C(=O)O)cccc2s1. The normalized spacial score (nSPS) is 11.7.